The van der Waals surface area contributed by atoms with Gasteiger partial charge in [-0.15, -0.1) is 0 Å². The summed E-state index contributed by atoms with van der Waals surface area (Å²) < 4.78 is 1.53. The third kappa shape index (κ3) is 9.09. The minimum atomic E-state index is 0.314. The van der Waals surface area contributed by atoms with Crippen LogP contribution >= 0.6 is 0 Å². The van der Waals surface area contributed by atoms with Crippen molar-refractivity contribution in [2.75, 3.05) is 42.3 Å². The van der Waals surface area contributed by atoms with Crippen LogP contribution in [0, 0.1) is 5.41 Å². The summed E-state index contributed by atoms with van der Waals surface area (Å²) in [5, 5.41) is 10.5. The van der Waals surface area contributed by atoms with Crippen LogP contribution in [0.15, 0.2) is 20.6 Å². The molecule has 0 spiro atoms. The van der Waals surface area contributed by atoms with Crippen molar-refractivity contribution in [3.8, 4) is 0 Å². The van der Waals surface area contributed by atoms with E-state index < -0.39 is 0 Å². The normalized spacial score (nSPS) is 15.7. The molecule has 0 bridgehead atoms. The Morgan fingerprint density at radius 1 is 0.700 bits per heavy atom. The summed E-state index contributed by atoms with van der Waals surface area (Å²) in [5.74, 6) is 0. The van der Waals surface area contributed by atoms with E-state index in [1.807, 2.05) is 0 Å². The number of rotatable bonds is 0. The zero-order chi connectivity index (χ0) is 16.9. The SMILES string of the molecule is CC1=C(C)C(C)(C)[C]([Ti+3])=C1C.C[N-]C.C[N-]C.C[N-]C. The predicted octanol–water partition coefficient (Wildman–Crippen LogP) is 5.04. The Labute approximate surface area is 139 Å². The smallest absolute Gasteiger partial charge is 0.162 e. The van der Waals surface area contributed by atoms with Gasteiger partial charge in [-0.05, 0) is 0 Å². The van der Waals surface area contributed by atoms with E-state index in [2.05, 4.69) is 71.0 Å². The Kier molecular flexibility index (Phi) is 17.6. The van der Waals surface area contributed by atoms with Gasteiger partial charge in [-0.3, -0.25) is 0 Å². The first-order valence-electron chi connectivity index (χ1n) is 6.68. The number of hydrogen-bond acceptors (Lipinski definition) is 0. The maximum atomic E-state index is 3.50. The minimum Gasteiger partial charge on any atom is -0.668 e. The van der Waals surface area contributed by atoms with E-state index >= 15 is 0 Å². The van der Waals surface area contributed by atoms with Crippen molar-refractivity contribution in [2.45, 2.75) is 34.6 Å². The van der Waals surface area contributed by atoms with Crippen LogP contribution in [0.5, 0.6) is 0 Å². The summed E-state index contributed by atoms with van der Waals surface area (Å²) in [7, 11) is 10.5. The monoisotopic (exact) mass is 315 g/mol. The topological polar surface area (TPSA) is 42.3 Å². The fourth-order valence-electron chi connectivity index (χ4n) is 1.59. The molecule has 1 aliphatic rings. The molecule has 0 unspecified atom stereocenters. The van der Waals surface area contributed by atoms with Crippen molar-refractivity contribution in [3.05, 3.63) is 36.5 Å². The Morgan fingerprint density at radius 2 is 0.950 bits per heavy atom. The van der Waals surface area contributed by atoms with Crippen LogP contribution in [0.1, 0.15) is 34.6 Å². The van der Waals surface area contributed by atoms with Gasteiger partial charge in [0.15, 0.2) is 0 Å². The largest absolute Gasteiger partial charge is 0.668 e. The van der Waals surface area contributed by atoms with Crippen LogP contribution in [-0.2, 0) is 20.4 Å². The van der Waals surface area contributed by atoms with Crippen LogP contribution in [0.2, 0.25) is 0 Å². The van der Waals surface area contributed by atoms with Gasteiger partial charge in [-0.2, -0.15) is 42.3 Å². The summed E-state index contributed by atoms with van der Waals surface area (Å²) in [6.07, 6.45) is 0. The molecule has 0 aliphatic heterocycles. The molecule has 1 rings (SSSR count). The second kappa shape index (κ2) is 14.0. The van der Waals surface area contributed by atoms with E-state index in [9.17, 15) is 0 Å². The van der Waals surface area contributed by atoms with E-state index in [0.29, 0.717) is 5.41 Å². The van der Waals surface area contributed by atoms with Crippen LogP contribution < -0.4 is 0 Å². The average Bonchev–Trinajstić information content (AvgIpc) is 2.48. The average molecular weight is 315 g/mol. The Balaban J connectivity index is -0.000000268. The fourth-order valence-corrected chi connectivity index (χ4v) is 2.18. The van der Waals surface area contributed by atoms with Gasteiger partial charge in [0.25, 0.3) is 0 Å². The molecular weight excluding hydrogens is 282 g/mol. The maximum Gasteiger partial charge on any atom is -0.162 e. The van der Waals surface area contributed by atoms with Crippen LogP contribution in [0.4, 0.5) is 0 Å². The first-order valence-corrected chi connectivity index (χ1v) is 7.46. The summed E-state index contributed by atoms with van der Waals surface area (Å²) >= 11 is 2.25. The van der Waals surface area contributed by atoms with Crippen LogP contribution in [0.25, 0.3) is 16.0 Å². The zero-order valence-electron chi connectivity index (χ0n) is 15.3. The molecule has 0 heterocycles. The van der Waals surface area contributed by atoms with E-state index in [0.717, 1.165) is 0 Å². The molecule has 0 amide bonds. The van der Waals surface area contributed by atoms with Crippen molar-refractivity contribution >= 4 is 0 Å². The molecule has 3 nitrogen and oxygen atoms in total. The number of nitrogens with zero attached hydrogens (tertiary/aromatic N) is 3. The van der Waals surface area contributed by atoms with Crippen molar-refractivity contribution in [1.82, 2.24) is 0 Å². The molecule has 0 aromatic rings. The number of allylic oxidation sites excluding steroid dienone is 4. The Morgan fingerprint density at radius 3 is 1.00 bits per heavy atom. The minimum absolute atomic E-state index is 0.314. The molecule has 116 valence electrons. The summed E-state index contributed by atoms with van der Waals surface area (Å²) in [6, 6.07) is 0. The van der Waals surface area contributed by atoms with E-state index in [4.69, 9.17) is 0 Å². The van der Waals surface area contributed by atoms with Gasteiger partial charge in [-0.1, -0.05) is 0 Å². The van der Waals surface area contributed by atoms with E-state index in [-0.39, 0.29) is 0 Å². The molecule has 0 saturated carbocycles. The first-order chi connectivity index (χ1) is 9.13. The summed E-state index contributed by atoms with van der Waals surface area (Å²) in [5.41, 5.74) is 4.83. The quantitative estimate of drug-likeness (QED) is 0.562. The van der Waals surface area contributed by atoms with Gasteiger partial charge in [0.1, 0.15) is 0 Å². The second-order valence-corrected chi connectivity index (χ2v) is 6.00. The van der Waals surface area contributed by atoms with Gasteiger partial charge in [0.05, 0.1) is 0 Å². The van der Waals surface area contributed by atoms with E-state index in [1.54, 1.807) is 42.3 Å². The Bertz CT molecular complexity index is 274. The molecular formula is C16H33N3Ti. The van der Waals surface area contributed by atoms with Gasteiger partial charge < -0.3 is 16.0 Å². The predicted molar refractivity (Wildman–Crippen MR) is 90.5 cm³/mol. The molecule has 0 atom stereocenters. The zero-order valence-corrected chi connectivity index (χ0v) is 16.9. The molecule has 0 N–H and O–H groups in total. The van der Waals surface area contributed by atoms with Gasteiger partial charge in [0, 0.05) is 0 Å². The van der Waals surface area contributed by atoms with Crippen molar-refractivity contribution < 1.29 is 20.4 Å². The van der Waals surface area contributed by atoms with Crippen LogP contribution in [-0.4, -0.2) is 42.3 Å². The third-order valence-electron chi connectivity index (χ3n) is 3.06. The third-order valence-corrected chi connectivity index (χ3v) is 4.62. The second-order valence-electron chi connectivity index (χ2n) is 5.22. The molecule has 0 saturated heterocycles. The standard InChI is InChI=1S/C10H15.3C2H6N.Ti/c1-7-6-10(4,5)9(3)8(7)2;3*1-3-2;/h1-5H3;3*1-2H3;/q;3*-1;+3. The van der Waals surface area contributed by atoms with Gasteiger partial charge >= 0.3 is 81.1 Å². The molecule has 0 radical (unpaired) electrons. The van der Waals surface area contributed by atoms with Gasteiger partial charge in [-0.25, -0.2) is 0 Å². The van der Waals surface area contributed by atoms with Gasteiger partial charge in [0.2, 0.25) is 0 Å². The van der Waals surface area contributed by atoms with E-state index in [1.165, 1.54) is 20.6 Å². The Hall–Kier alpha value is 0.0743. The molecule has 0 aromatic heterocycles. The molecule has 0 aromatic carbocycles. The molecule has 0 fully saturated rings. The molecule has 4 heteroatoms. The molecule has 1 aliphatic carbocycles. The van der Waals surface area contributed by atoms with Crippen molar-refractivity contribution in [3.63, 3.8) is 0 Å². The van der Waals surface area contributed by atoms with Crippen molar-refractivity contribution in [2.24, 2.45) is 5.41 Å². The fraction of sp³-hybridized carbons (Fsp3) is 0.750. The maximum absolute atomic E-state index is 3.50. The first kappa shape index (κ1) is 25.1. The summed E-state index contributed by atoms with van der Waals surface area (Å²) in [6.45, 7) is 11.3. The number of hydrogen-bond donors (Lipinski definition) is 0. The summed E-state index contributed by atoms with van der Waals surface area (Å²) in [4.78, 5) is 0. The molecule has 20 heavy (non-hydrogen) atoms. The van der Waals surface area contributed by atoms with Crippen molar-refractivity contribution in [1.29, 1.82) is 0 Å². The van der Waals surface area contributed by atoms with Crippen LogP contribution in [0.3, 0.4) is 0 Å².